The molecule has 1 saturated heterocycles. The highest BCUT2D eigenvalue weighted by Crippen LogP contribution is 2.23. The summed E-state index contributed by atoms with van der Waals surface area (Å²) >= 11 is 0. The van der Waals surface area contributed by atoms with Gasteiger partial charge in [0.15, 0.2) is 0 Å². The van der Waals surface area contributed by atoms with Gasteiger partial charge in [-0.3, -0.25) is 4.90 Å². The average Bonchev–Trinajstić information content (AvgIpc) is 2.42. The normalized spacial score (nSPS) is 33.3. The van der Waals surface area contributed by atoms with Crippen LogP contribution < -0.4 is 5.32 Å². The van der Waals surface area contributed by atoms with Gasteiger partial charge < -0.3 is 5.32 Å². The quantitative estimate of drug-likeness (QED) is 0.768. The Balaban J connectivity index is 1.87. The van der Waals surface area contributed by atoms with Crippen molar-refractivity contribution in [2.24, 2.45) is 0 Å². The van der Waals surface area contributed by atoms with Crippen LogP contribution in [-0.4, -0.2) is 36.1 Å². The molecule has 1 N–H and O–H groups in total. The van der Waals surface area contributed by atoms with E-state index in [9.17, 15) is 0 Å². The zero-order valence-corrected chi connectivity index (χ0v) is 13.9. The molecule has 1 aliphatic carbocycles. The molecule has 0 bridgehead atoms. The predicted molar refractivity (Wildman–Crippen MR) is 88.2 cm³/mol. The SMILES string of the molecule is CC1CN(C2CCCCCCCCCCC2)C(C)CN1. The number of nitrogens with one attached hydrogen (secondary N) is 1. The molecule has 2 rings (SSSR count). The van der Waals surface area contributed by atoms with Crippen LogP contribution in [0.3, 0.4) is 0 Å². The van der Waals surface area contributed by atoms with E-state index in [2.05, 4.69) is 24.1 Å². The van der Waals surface area contributed by atoms with E-state index in [1.54, 1.807) is 0 Å². The molecule has 2 atom stereocenters. The Morgan fingerprint density at radius 1 is 0.750 bits per heavy atom. The lowest BCUT2D eigenvalue weighted by molar-refractivity contribution is 0.0816. The molecule has 0 amide bonds. The summed E-state index contributed by atoms with van der Waals surface area (Å²) in [7, 11) is 0. The summed E-state index contributed by atoms with van der Waals surface area (Å²) in [6, 6.07) is 2.26. The van der Waals surface area contributed by atoms with E-state index < -0.39 is 0 Å². The number of nitrogens with zero attached hydrogens (tertiary/aromatic N) is 1. The van der Waals surface area contributed by atoms with Crippen LogP contribution in [0, 0.1) is 0 Å². The van der Waals surface area contributed by atoms with Crippen molar-refractivity contribution in [3.63, 3.8) is 0 Å². The Kier molecular flexibility index (Phi) is 7.37. The highest BCUT2D eigenvalue weighted by Gasteiger charge is 2.28. The number of rotatable bonds is 1. The van der Waals surface area contributed by atoms with Crippen molar-refractivity contribution in [3.8, 4) is 0 Å². The third kappa shape index (κ3) is 5.37. The molecule has 0 aromatic rings. The Hall–Kier alpha value is -0.0800. The third-order valence-electron chi connectivity index (χ3n) is 5.36. The third-order valence-corrected chi connectivity index (χ3v) is 5.36. The van der Waals surface area contributed by atoms with Gasteiger partial charge >= 0.3 is 0 Å². The lowest BCUT2D eigenvalue weighted by Crippen LogP contribution is -2.57. The second-order valence-electron chi connectivity index (χ2n) is 7.27. The predicted octanol–water partition coefficient (Wildman–Crippen LogP) is 4.34. The molecule has 1 saturated carbocycles. The topological polar surface area (TPSA) is 15.3 Å². The Labute approximate surface area is 126 Å². The van der Waals surface area contributed by atoms with Crippen LogP contribution in [0.2, 0.25) is 0 Å². The smallest absolute Gasteiger partial charge is 0.0196 e. The minimum Gasteiger partial charge on any atom is -0.311 e. The van der Waals surface area contributed by atoms with E-state index in [1.807, 2.05) is 0 Å². The van der Waals surface area contributed by atoms with Crippen LogP contribution in [0.4, 0.5) is 0 Å². The first-order valence-corrected chi connectivity index (χ1v) is 9.26. The fourth-order valence-electron chi connectivity index (χ4n) is 4.03. The van der Waals surface area contributed by atoms with E-state index >= 15 is 0 Å². The summed E-state index contributed by atoms with van der Waals surface area (Å²) in [5.74, 6) is 0. The lowest BCUT2D eigenvalue weighted by atomic mass is 9.95. The van der Waals surface area contributed by atoms with Gasteiger partial charge in [0.1, 0.15) is 0 Å². The van der Waals surface area contributed by atoms with Gasteiger partial charge in [0.2, 0.25) is 0 Å². The molecule has 1 heterocycles. The van der Waals surface area contributed by atoms with E-state index in [0.717, 1.165) is 12.1 Å². The molecule has 0 aromatic carbocycles. The summed E-state index contributed by atoms with van der Waals surface area (Å²) in [5.41, 5.74) is 0. The fraction of sp³-hybridized carbons (Fsp3) is 1.00. The molecule has 118 valence electrons. The summed E-state index contributed by atoms with van der Waals surface area (Å²) in [4.78, 5) is 2.83. The zero-order valence-electron chi connectivity index (χ0n) is 13.9. The Morgan fingerprint density at radius 2 is 1.25 bits per heavy atom. The van der Waals surface area contributed by atoms with Crippen LogP contribution in [-0.2, 0) is 0 Å². The largest absolute Gasteiger partial charge is 0.311 e. The van der Waals surface area contributed by atoms with Crippen LogP contribution in [0.25, 0.3) is 0 Å². The first kappa shape index (κ1) is 16.3. The molecule has 20 heavy (non-hydrogen) atoms. The van der Waals surface area contributed by atoms with Crippen molar-refractivity contribution >= 4 is 0 Å². The van der Waals surface area contributed by atoms with Crippen LogP contribution in [0.1, 0.15) is 84.5 Å². The van der Waals surface area contributed by atoms with Gasteiger partial charge in [-0.2, -0.15) is 0 Å². The Morgan fingerprint density at radius 3 is 1.80 bits per heavy atom. The maximum Gasteiger partial charge on any atom is 0.0196 e. The summed E-state index contributed by atoms with van der Waals surface area (Å²) in [5, 5.41) is 3.63. The molecular weight excluding hydrogens is 244 g/mol. The molecular formula is C18H36N2. The van der Waals surface area contributed by atoms with Crippen molar-refractivity contribution in [2.75, 3.05) is 13.1 Å². The van der Waals surface area contributed by atoms with E-state index in [1.165, 1.54) is 83.7 Å². The molecule has 1 aliphatic heterocycles. The monoisotopic (exact) mass is 280 g/mol. The fourth-order valence-corrected chi connectivity index (χ4v) is 4.03. The van der Waals surface area contributed by atoms with Crippen LogP contribution >= 0.6 is 0 Å². The molecule has 2 nitrogen and oxygen atoms in total. The minimum absolute atomic E-state index is 0.674. The molecule has 0 spiro atoms. The Bertz CT molecular complexity index is 242. The summed E-state index contributed by atoms with van der Waals surface area (Å²) in [6.45, 7) is 7.19. The summed E-state index contributed by atoms with van der Waals surface area (Å²) < 4.78 is 0. The van der Waals surface area contributed by atoms with Gasteiger partial charge in [0, 0.05) is 31.2 Å². The van der Waals surface area contributed by atoms with Crippen molar-refractivity contribution in [1.82, 2.24) is 10.2 Å². The van der Waals surface area contributed by atoms with Gasteiger partial charge in [-0.15, -0.1) is 0 Å². The average molecular weight is 280 g/mol. The van der Waals surface area contributed by atoms with Crippen molar-refractivity contribution in [2.45, 2.75) is 103 Å². The number of hydrogen-bond donors (Lipinski definition) is 1. The standard InChI is InChI=1S/C18H36N2/c1-16-15-20(17(2)14-19-16)18-12-10-8-6-4-3-5-7-9-11-13-18/h16-19H,3-15H2,1-2H3. The van der Waals surface area contributed by atoms with Crippen molar-refractivity contribution in [1.29, 1.82) is 0 Å². The highest BCUT2D eigenvalue weighted by molar-refractivity contribution is 4.86. The first-order valence-electron chi connectivity index (χ1n) is 9.26. The summed E-state index contributed by atoms with van der Waals surface area (Å²) in [6.07, 6.45) is 16.1. The van der Waals surface area contributed by atoms with E-state index in [-0.39, 0.29) is 0 Å². The van der Waals surface area contributed by atoms with Gasteiger partial charge in [-0.1, -0.05) is 57.8 Å². The van der Waals surface area contributed by atoms with E-state index in [4.69, 9.17) is 0 Å². The van der Waals surface area contributed by atoms with Gasteiger partial charge in [-0.05, 0) is 26.7 Å². The minimum atomic E-state index is 0.674. The zero-order chi connectivity index (χ0) is 14.2. The molecule has 0 radical (unpaired) electrons. The maximum atomic E-state index is 3.63. The van der Waals surface area contributed by atoms with Crippen molar-refractivity contribution in [3.05, 3.63) is 0 Å². The second-order valence-corrected chi connectivity index (χ2v) is 7.27. The van der Waals surface area contributed by atoms with Crippen LogP contribution in [0.5, 0.6) is 0 Å². The number of hydrogen-bond acceptors (Lipinski definition) is 2. The maximum absolute atomic E-state index is 3.63. The second kappa shape index (κ2) is 9.04. The number of piperazine rings is 1. The van der Waals surface area contributed by atoms with Gasteiger partial charge in [-0.25, -0.2) is 0 Å². The van der Waals surface area contributed by atoms with Gasteiger partial charge in [0.25, 0.3) is 0 Å². The van der Waals surface area contributed by atoms with Crippen molar-refractivity contribution < 1.29 is 0 Å². The lowest BCUT2D eigenvalue weighted by Gasteiger charge is -2.43. The van der Waals surface area contributed by atoms with Gasteiger partial charge in [0.05, 0.1) is 0 Å². The molecule has 2 unspecified atom stereocenters. The highest BCUT2D eigenvalue weighted by atomic mass is 15.2. The van der Waals surface area contributed by atoms with Crippen LogP contribution in [0.15, 0.2) is 0 Å². The molecule has 0 aromatic heterocycles. The molecule has 2 heteroatoms. The molecule has 2 aliphatic rings. The van der Waals surface area contributed by atoms with E-state index in [0.29, 0.717) is 6.04 Å². The first-order chi connectivity index (χ1) is 9.77. The molecule has 2 fully saturated rings.